The number of rotatable bonds is 4. The third kappa shape index (κ3) is 3.01. The zero-order valence-corrected chi connectivity index (χ0v) is 12.0. The second-order valence-electron chi connectivity index (χ2n) is 5.68. The van der Waals surface area contributed by atoms with Crippen LogP contribution in [0.4, 0.5) is 5.69 Å². The molecule has 1 unspecified atom stereocenters. The minimum Gasteiger partial charge on any atom is -0.497 e. The number of nitrogens with one attached hydrogen (secondary N) is 1. The van der Waals surface area contributed by atoms with E-state index in [1.54, 1.807) is 7.11 Å². The van der Waals surface area contributed by atoms with Crippen LogP contribution in [0.25, 0.3) is 0 Å². The van der Waals surface area contributed by atoms with Crippen LogP contribution in [-0.2, 0) is 0 Å². The fourth-order valence-corrected chi connectivity index (χ4v) is 2.92. The SMILES string of the molecule is COc1cccc(N2C(CCO)CNCC2(C)C)c1. The maximum absolute atomic E-state index is 9.28. The van der Waals surface area contributed by atoms with Crippen LogP contribution in [0.1, 0.15) is 20.3 Å². The van der Waals surface area contributed by atoms with Crippen LogP contribution in [0.3, 0.4) is 0 Å². The van der Waals surface area contributed by atoms with E-state index in [-0.39, 0.29) is 12.1 Å². The van der Waals surface area contributed by atoms with Crippen molar-refractivity contribution in [1.82, 2.24) is 5.32 Å². The second kappa shape index (κ2) is 5.80. The van der Waals surface area contributed by atoms with E-state index in [2.05, 4.69) is 36.2 Å². The monoisotopic (exact) mass is 264 g/mol. The predicted molar refractivity (Wildman–Crippen MR) is 77.9 cm³/mol. The van der Waals surface area contributed by atoms with Crippen molar-refractivity contribution in [2.45, 2.75) is 31.8 Å². The normalized spacial score (nSPS) is 22.3. The Kier molecular flexibility index (Phi) is 4.32. The van der Waals surface area contributed by atoms with E-state index >= 15 is 0 Å². The average Bonchev–Trinajstić information content (AvgIpc) is 2.38. The van der Waals surface area contributed by atoms with Crippen LogP contribution in [0.15, 0.2) is 24.3 Å². The van der Waals surface area contributed by atoms with Gasteiger partial charge in [-0.3, -0.25) is 0 Å². The molecule has 0 saturated carbocycles. The number of hydrogen-bond acceptors (Lipinski definition) is 4. The molecule has 4 heteroatoms. The summed E-state index contributed by atoms with van der Waals surface area (Å²) in [5, 5.41) is 12.7. The van der Waals surface area contributed by atoms with Gasteiger partial charge in [0.15, 0.2) is 0 Å². The summed E-state index contributed by atoms with van der Waals surface area (Å²) in [5.74, 6) is 0.870. The Morgan fingerprint density at radius 1 is 1.47 bits per heavy atom. The molecule has 106 valence electrons. The van der Waals surface area contributed by atoms with Crippen molar-refractivity contribution in [3.05, 3.63) is 24.3 Å². The van der Waals surface area contributed by atoms with Gasteiger partial charge in [-0.15, -0.1) is 0 Å². The lowest BCUT2D eigenvalue weighted by molar-refractivity contribution is 0.241. The third-order valence-corrected chi connectivity index (χ3v) is 3.75. The number of methoxy groups -OCH3 is 1. The minimum atomic E-state index is 0.0183. The Hall–Kier alpha value is -1.26. The minimum absolute atomic E-state index is 0.0183. The molecule has 4 nitrogen and oxygen atoms in total. The largest absolute Gasteiger partial charge is 0.497 e. The molecule has 2 N–H and O–H groups in total. The Morgan fingerprint density at radius 2 is 2.26 bits per heavy atom. The number of aliphatic hydroxyl groups excluding tert-OH is 1. The quantitative estimate of drug-likeness (QED) is 0.867. The van der Waals surface area contributed by atoms with Crippen LogP contribution in [0, 0.1) is 0 Å². The summed E-state index contributed by atoms with van der Waals surface area (Å²) >= 11 is 0. The molecular weight excluding hydrogens is 240 g/mol. The highest BCUT2D eigenvalue weighted by Gasteiger charge is 2.36. The van der Waals surface area contributed by atoms with E-state index in [0.29, 0.717) is 6.04 Å². The number of piperazine rings is 1. The summed E-state index contributed by atoms with van der Waals surface area (Å²) in [7, 11) is 1.69. The van der Waals surface area contributed by atoms with Crippen LogP contribution >= 0.6 is 0 Å². The molecule has 1 saturated heterocycles. The van der Waals surface area contributed by atoms with Crippen molar-refractivity contribution < 1.29 is 9.84 Å². The Labute approximate surface area is 115 Å². The fraction of sp³-hybridized carbons (Fsp3) is 0.600. The third-order valence-electron chi connectivity index (χ3n) is 3.75. The van der Waals surface area contributed by atoms with Crippen molar-refractivity contribution in [3.8, 4) is 5.75 Å². The summed E-state index contributed by atoms with van der Waals surface area (Å²) in [6.07, 6.45) is 0.771. The molecule has 1 fully saturated rings. The molecule has 1 aliphatic rings. The standard InChI is InChI=1S/C15H24N2O2/c1-15(2)11-16-10-13(7-8-18)17(15)12-5-4-6-14(9-12)19-3/h4-6,9,13,16,18H,7-8,10-11H2,1-3H3. The van der Waals surface area contributed by atoms with Crippen LogP contribution < -0.4 is 15.0 Å². The Bertz CT molecular complexity index is 418. The van der Waals surface area contributed by atoms with Crippen molar-refractivity contribution in [2.24, 2.45) is 0 Å². The lowest BCUT2D eigenvalue weighted by Crippen LogP contribution is -2.63. The highest BCUT2D eigenvalue weighted by Crippen LogP contribution is 2.31. The highest BCUT2D eigenvalue weighted by atomic mass is 16.5. The number of hydrogen-bond donors (Lipinski definition) is 2. The second-order valence-corrected chi connectivity index (χ2v) is 5.68. The first kappa shape index (κ1) is 14.2. The smallest absolute Gasteiger partial charge is 0.120 e. The van der Waals surface area contributed by atoms with Crippen molar-refractivity contribution in [1.29, 1.82) is 0 Å². The van der Waals surface area contributed by atoms with Gasteiger partial charge in [-0.1, -0.05) is 6.07 Å². The first-order chi connectivity index (χ1) is 9.08. The lowest BCUT2D eigenvalue weighted by Gasteiger charge is -2.49. The fourth-order valence-electron chi connectivity index (χ4n) is 2.92. The van der Waals surface area contributed by atoms with E-state index in [9.17, 15) is 5.11 Å². The van der Waals surface area contributed by atoms with Gasteiger partial charge in [0.25, 0.3) is 0 Å². The summed E-state index contributed by atoms with van der Waals surface area (Å²) < 4.78 is 5.32. The first-order valence-corrected chi connectivity index (χ1v) is 6.83. The van der Waals surface area contributed by atoms with E-state index in [1.807, 2.05) is 12.1 Å². The molecule has 0 amide bonds. The van der Waals surface area contributed by atoms with E-state index in [0.717, 1.165) is 30.9 Å². The van der Waals surface area contributed by atoms with Crippen LogP contribution in [-0.4, -0.2) is 43.5 Å². The van der Waals surface area contributed by atoms with Crippen molar-refractivity contribution in [2.75, 3.05) is 31.7 Å². The van der Waals surface area contributed by atoms with E-state index in [4.69, 9.17) is 4.74 Å². The number of anilines is 1. The molecule has 1 aromatic carbocycles. The van der Waals surface area contributed by atoms with Gasteiger partial charge in [0.1, 0.15) is 5.75 Å². The van der Waals surface area contributed by atoms with Gasteiger partial charge >= 0.3 is 0 Å². The van der Waals surface area contributed by atoms with E-state index < -0.39 is 0 Å². The topological polar surface area (TPSA) is 44.7 Å². The molecule has 0 aliphatic carbocycles. The molecule has 1 atom stereocenters. The molecule has 0 bridgehead atoms. The zero-order chi connectivity index (χ0) is 13.9. The maximum Gasteiger partial charge on any atom is 0.120 e. The summed E-state index contributed by atoms with van der Waals surface area (Å²) in [6.45, 7) is 6.50. The summed E-state index contributed by atoms with van der Waals surface area (Å²) in [4.78, 5) is 2.41. The summed E-state index contributed by atoms with van der Waals surface area (Å²) in [5.41, 5.74) is 1.18. The Balaban J connectivity index is 2.34. The summed E-state index contributed by atoms with van der Waals surface area (Å²) in [6, 6.07) is 8.46. The molecule has 2 rings (SSSR count). The number of aliphatic hydroxyl groups is 1. The number of ether oxygens (including phenoxy) is 1. The van der Waals surface area contributed by atoms with Gasteiger partial charge in [-0.25, -0.2) is 0 Å². The molecule has 0 spiro atoms. The van der Waals surface area contributed by atoms with Gasteiger partial charge in [0, 0.05) is 43.0 Å². The van der Waals surface area contributed by atoms with Gasteiger partial charge in [-0.05, 0) is 32.4 Å². The van der Waals surface area contributed by atoms with Gasteiger partial charge in [-0.2, -0.15) is 0 Å². The maximum atomic E-state index is 9.28. The zero-order valence-electron chi connectivity index (χ0n) is 12.0. The molecular formula is C15H24N2O2. The first-order valence-electron chi connectivity index (χ1n) is 6.83. The van der Waals surface area contributed by atoms with Crippen LogP contribution in [0.5, 0.6) is 5.75 Å². The average molecular weight is 264 g/mol. The molecule has 0 radical (unpaired) electrons. The van der Waals surface area contributed by atoms with Gasteiger partial charge in [0.2, 0.25) is 0 Å². The molecule has 0 aromatic heterocycles. The van der Waals surface area contributed by atoms with Gasteiger partial charge in [0.05, 0.1) is 7.11 Å². The lowest BCUT2D eigenvalue weighted by atomic mass is 9.93. The predicted octanol–water partition coefficient (Wildman–Crippen LogP) is 1.63. The number of nitrogens with zero attached hydrogens (tertiary/aromatic N) is 1. The molecule has 1 aromatic rings. The van der Waals surface area contributed by atoms with Crippen molar-refractivity contribution in [3.63, 3.8) is 0 Å². The molecule has 1 heterocycles. The van der Waals surface area contributed by atoms with Crippen LogP contribution in [0.2, 0.25) is 0 Å². The highest BCUT2D eigenvalue weighted by molar-refractivity contribution is 5.54. The van der Waals surface area contributed by atoms with Crippen molar-refractivity contribution >= 4 is 5.69 Å². The number of benzene rings is 1. The van der Waals surface area contributed by atoms with E-state index in [1.165, 1.54) is 0 Å². The molecule has 1 aliphatic heterocycles. The molecule has 19 heavy (non-hydrogen) atoms. The van der Waals surface area contributed by atoms with Gasteiger partial charge < -0.3 is 20.1 Å². The Morgan fingerprint density at radius 3 is 2.95 bits per heavy atom.